The molecule has 0 aliphatic rings. The minimum Gasteiger partial charge on any atom is -0.361 e. The van der Waals surface area contributed by atoms with E-state index in [1.54, 1.807) is 24.3 Å². The van der Waals surface area contributed by atoms with Crippen LogP contribution in [0.5, 0.6) is 0 Å². The second-order valence-corrected chi connectivity index (χ2v) is 3.73. The molecule has 0 radical (unpaired) electrons. The molecule has 2 aromatic rings. The zero-order chi connectivity index (χ0) is 12.5. The van der Waals surface area contributed by atoms with Crippen LogP contribution >= 0.6 is 0 Å². The Kier molecular flexibility index (Phi) is 2.87. The van der Waals surface area contributed by atoms with Gasteiger partial charge in [0, 0.05) is 23.5 Å². The number of para-hydroxylation sites is 1. The van der Waals surface area contributed by atoms with E-state index in [1.165, 1.54) is 6.20 Å². The fourth-order valence-electron chi connectivity index (χ4n) is 1.72. The number of rotatable bonds is 3. The van der Waals surface area contributed by atoms with E-state index in [4.69, 9.17) is 0 Å². The standard InChI is InChI=1S/C11H9F3N2O/c12-11(13,14)10(16-17)5-7-6-15-9-4-2-1-3-8(7)9/h1-4,6,10,15H,5H2. The third-order valence-electron chi connectivity index (χ3n) is 2.59. The molecule has 1 aromatic heterocycles. The minimum absolute atomic E-state index is 0.434. The first-order valence-corrected chi connectivity index (χ1v) is 4.96. The van der Waals surface area contributed by atoms with Gasteiger partial charge in [-0.05, 0) is 11.6 Å². The fraction of sp³-hybridized carbons (Fsp3) is 0.273. The van der Waals surface area contributed by atoms with Crippen molar-refractivity contribution in [1.29, 1.82) is 0 Å². The van der Waals surface area contributed by atoms with Crippen LogP contribution in [-0.2, 0) is 6.42 Å². The number of nitrogens with one attached hydrogen (secondary N) is 1. The molecular weight excluding hydrogens is 233 g/mol. The fourth-order valence-corrected chi connectivity index (χ4v) is 1.72. The van der Waals surface area contributed by atoms with E-state index in [9.17, 15) is 18.1 Å². The highest BCUT2D eigenvalue weighted by atomic mass is 19.4. The van der Waals surface area contributed by atoms with Crippen LogP contribution in [0, 0.1) is 4.91 Å². The first-order chi connectivity index (χ1) is 8.02. The first kappa shape index (κ1) is 11.6. The summed E-state index contributed by atoms with van der Waals surface area (Å²) in [5.41, 5.74) is 1.19. The highest BCUT2D eigenvalue weighted by molar-refractivity contribution is 5.83. The summed E-state index contributed by atoms with van der Waals surface area (Å²) in [6, 6.07) is 4.79. The average molecular weight is 242 g/mol. The van der Waals surface area contributed by atoms with Gasteiger partial charge in [0.05, 0.1) is 0 Å². The lowest BCUT2D eigenvalue weighted by molar-refractivity contribution is -0.146. The van der Waals surface area contributed by atoms with Crippen molar-refractivity contribution in [2.24, 2.45) is 5.18 Å². The van der Waals surface area contributed by atoms with Gasteiger partial charge < -0.3 is 4.98 Å². The predicted molar refractivity (Wildman–Crippen MR) is 57.6 cm³/mol. The number of aromatic amines is 1. The molecule has 2 rings (SSSR count). The van der Waals surface area contributed by atoms with E-state index >= 15 is 0 Å². The summed E-state index contributed by atoms with van der Waals surface area (Å²) >= 11 is 0. The van der Waals surface area contributed by atoms with E-state index in [0.29, 0.717) is 10.9 Å². The lowest BCUT2D eigenvalue weighted by Gasteiger charge is -2.12. The number of hydrogen-bond acceptors (Lipinski definition) is 2. The SMILES string of the molecule is O=NC(Cc1c[nH]c2ccccc12)C(F)(F)F. The summed E-state index contributed by atoms with van der Waals surface area (Å²) in [5, 5.41) is 2.84. The van der Waals surface area contributed by atoms with Gasteiger partial charge in [-0.1, -0.05) is 23.4 Å². The highest BCUT2D eigenvalue weighted by Gasteiger charge is 2.41. The van der Waals surface area contributed by atoms with Gasteiger partial charge >= 0.3 is 6.18 Å². The van der Waals surface area contributed by atoms with E-state index in [-0.39, 0.29) is 0 Å². The number of aromatic nitrogens is 1. The molecule has 1 unspecified atom stereocenters. The number of halogens is 3. The monoisotopic (exact) mass is 242 g/mol. The van der Waals surface area contributed by atoms with Crippen molar-refractivity contribution in [1.82, 2.24) is 4.98 Å². The Balaban J connectivity index is 2.32. The molecule has 3 nitrogen and oxygen atoms in total. The number of benzene rings is 1. The number of alkyl halides is 3. The number of hydrogen-bond donors (Lipinski definition) is 1. The zero-order valence-corrected chi connectivity index (χ0v) is 8.66. The van der Waals surface area contributed by atoms with Gasteiger partial charge in [-0.3, -0.25) is 0 Å². The highest BCUT2D eigenvalue weighted by Crippen LogP contribution is 2.28. The van der Waals surface area contributed by atoms with Crippen LogP contribution in [0.25, 0.3) is 10.9 Å². The van der Waals surface area contributed by atoms with Crippen molar-refractivity contribution in [3.05, 3.63) is 40.9 Å². The summed E-state index contributed by atoms with van der Waals surface area (Å²) < 4.78 is 37.2. The molecule has 0 saturated carbocycles. The third-order valence-corrected chi connectivity index (χ3v) is 2.59. The van der Waals surface area contributed by atoms with Crippen molar-refractivity contribution in [3.8, 4) is 0 Å². The van der Waals surface area contributed by atoms with Crippen LogP contribution in [0.15, 0.2) is 35.6 Å². The molecule has 1 heterocycles. The molecule has 1 aromatic carbocycles. The molecule has 0 spiro atoms. The number of nitroso groups, excluding NO2 is 1. The summed E-state index contributed by atoms with van der Waals surface area (Å²) in [7, 11) is 0. The number of fused-ring (bicyclic) bond motifs is 1. The molecule has 0 fully saturated rings. The lowest BCUT2D eigenvalue weighted by Crippen LogP contribution is -2.28. The molecule has 0 aliphatic heterocycles. The molecule has 1 atom stereocenters. The third kappa shape index (κ3) is 2.30. The lowest BCUT2D eigenvalue weighted by atomic mass is 10.1. The van der Waals surface area contributed by atoms with E-state index in [2.05, 4.69) is 10.2 Å². The maximum atomic E-state index is 12.4. The molecule has 1 N–H and O–H groups in total. The Morgan fingerprint density at radius 3 is 2.65 bits per heavy atom. The number of nitrogens with zero attached hydrogens (tertiary/aromatic N) is 1. The van der Waals surface area contributed by atoms with Crippen LogP contribution in [0.4, 0.5) is 13.2 Å². The van der Waals surface area contributed by atoms with Crippen LogP contribution in [0.2, 0.25) is 0 Å². The van der Waals surface area contributed by atoms with Crippen LogP contribution in [-0.4, -0.2) is 17.2 Å². The Labute approximate surface area is 94.6 Å². The summed E-state index contributed by atoms with van der Waals surface area (Å²) in [6.07, 6.45) is -3.55. The molecule has 0 bridgehead atoms. The summed E-state index contributed by atoms with van der Waals surface area (Å²) in [4.78, 5) is 13.1. The van der Waals surface area contributed by atoms with Gasteiger partial charge in [0.15, 0.2) is 6.04 Å². The van der Waals surface area contributed by atoms with Gasteiger partial charge in [-0.15, -0.1) is 0 Å². The second-order valence-electron chi connectivity index (χ2n) is 3.73. The molecule has 0 amide bonds. The van der Waals surface area contributed by atoms with Gasteiger partial charge in [-0.2, -0.15) is 18.1 Å². The van der Waals surface area contributed by atoms with Crippen molar-refractivity contribution < 1.29 is 13.2 Å². The molecule has 90 valence electrons. The van der Waals surface area contributed by atoms with Crippen molar-refractivity contribution in [2.45, 2.75) is 18.6 Å². The zero-order valence-electron chi connectivity index (χ0n) is 8.66. The number of H-pyrrole nitrogens is 1. The van der Waals surface area contributed by atoms with Gasteiger partial charge in [0.1, 0.15) is 0 Å². The van der Waals surface area contributed by atoms with Gasteiger partial charge in [-0.25, -0.2) is 0 Å². The van der Waals surface area contributed by atoms with E-state index < -0.39 is 18.6 Å². The normalized spacial score (nSPS) is 13.8. The molecule has 17 heavy (non-hydrogen) atoms. The Morgan fingerprint density at radius 2 is 2.00 bits per heavy atom. The van der Waals surface area contributed by atoms with Gasteiger partial charge in [0.25, 0.3) is 0 Å². The molecule has 6 heteroatoms. The topological polar surface area (TPSA) is 45.2 Å². The maximum absolute atomic E-state index is 12.4. The van der Waals surface area contributed by atoms with Crippen LogP contribution in [0.1, 0.15) is 5.56 Å². The summed E-state index contributed by atoms with van der Waals surface area (Å²) in [5.74, 6) is 0. The van der Waals surface area contributed by atoms with E-state index in [1.807, 2.05) is 0 Å². The Morgan fingerprint density at radius 1 is 1.29 bits per heavy atom. The molecule has 0 saturated heterocycles. The smallest absolute Gasteiger partial charge is 0.361 e. The quantitative estimate of drug-likeness (QED) is 0.823. The Hall–Kier alpha value is -1.85. The predicted octanol–water partition coefficient (Wildman–Crippen LogP) is 3.41. The molecule has 0 aliphatic carbocycles. The average Bonchev–Trinajstić information content (AvgIpc) is 2.67. The minimum atomic E-state index is -4.60. The largest absolute Gasteiger partial charge is 0.414 e. The van der Waals surface area contributed by atoms with Gasteiger partial charge in [0.2, 0.25) is 0 Å². The van der Waals surface area contributed by atoms with Crippen LogP contribution < -0.4 is 0 Å². The van der Waals surface area contributed by atoms with Crippen LogP contribution in [0.3, 0.4) is 0 Å². The Bertz CT molecular complexity index is 533. The van der Waals surface area contributed by atoms with E-state index in [0.717, 1.165) is 5.52 Å². The molecular formula is C11H9F3N2O. The van der Waals surface area contributed by atoms with Crippen molar-refractivity contribution >= 4 is 10.9 Å². The van der Waals surface area contributed by atoms with Crippen molar-refractivity contribution in [3.63, 3.8) is 0 Å². The van der Waals surface area contributed by atoms with Crippen molar-refractivity contribution in [2.75, 3.05) is 0 Å². The second kappa shape index (κ2) is 4.20. The summed E-state index contributed by atoms with van der Waals surface area (Å²) in [6.45, 7) is 0. The maximum Gasteiger partial charge on any atom is 0.414 e. The first-order valence-electron chi connectivity index (χ1n) is 4.96.